The van der Waals surface area contributed by atoms with Gasteiger partial charge in [0.1, 0.15) is 6.10 Å². The molecule has 2 fully saturated rings. The Bertz CT molecular complexity index is 283. The molecule has 110 valence electrons. The van der Waals surface area contributed by atoms with Crippen molar-refractivity contribution < 1.29 is 14.3 Å². The first-order valence-corrected chi connectivity index (χ1v) is 7.77. The Morgan fingerprint density at radius 2 is 1.95 bits per heavy atom. The van der Waals surface area contributed by atoms with E-state index in [2.05, 4.69) is 13.8 Å². The first kappa shape index (κ1) is 14.6. The lowest BCUT2D eigenvalue weighted by atomic mass is 10.0. The van der Waals surface area contributed by atoms with Crippen LogP contribution in [0, 0.1) is 11.8 Å². The van der Waals surface area contributed by atoms with Crippen LogP contribution >= 0.6 is 0 Å². The predicted octanol–water partition coefficient (Wildman–Crippen LogP) is 3.06. The summed E-state index contributed by atoms with van der Waals surface area (Å²) in [6, 6.07) is 0. The van der Waals surface area contributed by atoms with Crippen LogP contribution < -0.4 is 0 Å². The van der Waals surface area contributed by atoms with Crippen molar-refractivity contribution in [2.45, 2.75) is 52.1 Å². The van der Waals surface area contributed by atoms with Gasteiger partial charge in [-0.3, -0.25) is 0 Å². The maximum Gasteiger partial charge on any atom is 0.410 e. The van der Waals surface area contributed by atoms with E-state index in [1.807, 2.05) is 4.90 Å². The minimum atomic E-state index is -0.113. The van der Waals surface area contributed by atoms with Crippen LogP contribution in [0.5, 0.6) is 0 Å². The molecule has 0 radical (unpaired) electrons. The second kappa shape index (κ2) is 7.13. The van der Waals surface area contributed by atoms with Crippen molar-refractivity contribution in [2.75, 3.05) is 26.3 Å². The highest BCUT2D eigenvalue weighted by Crippen LogP contribution is 2.29. The highest BCUT2D eigenvalue weighted by Gasteiger charge is 2.39. The Labute approximate surface area is 116 Å². The summed E-state index contributed by atoms with van der Waals surface area (Å²) in [5.41, 5.74) is 0. The van der Waals surface area contributed by atoms with Gasteiger partial charge >= 0.3 is 6.09 Å². The highest BCUT2D eigenvalue weighted by atomic mass is 16.6. The molecule has 0 bridgehead atoms. The van der Waals surface area contributed by atoms with E-state index in [9.17, 15) is 4.79 Å². The van der Waals surface area contributed by atoms with Gasteiger partial charge in [-0.25, -0.2) is 4.79 Å². The lowest BCUT2D eigenvalue weighted by Crippen LogP contribution is -2.33. The molecule has 0 aromatic heterocycles. The average molecular weight is 269 g/mol. The third kappa shape index (κ3) is 3.85. The van der Waals surface area contributed by atoms with E-state index in [0.717, 1.165) is 45.6 Å². The molecular weight excluding hydrogens is 242 g/mol. The van der Waals surface area contributed by atoms with Crippen LogP contribution in [-0.2, 0) is 9.47 Å². The number of carbonyl (C=O) groups excluding carboxylic acids is 1. The van der Waals surface area contributed by atoms with Crippen molar-refractivity contribution >= 4 is 6.09 Å². The standard InChI is InChI=1S/C15H27NO3/c1-3-5-6-7-14(4-2)19-15(17)16-8-12-10-18-11-13(12)9-16/h12-14H,3-11H2,1-2H3/t12-,13+,14?. The van der Waals surface area contributed by atoms with Crippen LogP contribution in [0.3, 0.4) is 0 Å². The molecule has 0 N–H and O–H groups in total. The fourth-order valence-corrected chi connectivity index (χ4v) is 3.02. The Morgan fingerprint density at radius 3 is 2.53 bits per heavy atom. The highest BCUT2D eigenvalue weighted by molar-refractivity contribution is 5.68. The fraction of sp³-hybridized carbons (Fsp3) is 0.933. The lowest BCUT2D eigenvalue weighted by molar-refractivity contribution is 0.0561. The van der Waals surface area contributed by atoms with Crippen LogP contribution in [0.4, 0.5) is 4.79 Å². The summed E-state index contributed by atoms with van der Waals surface area (Å²) in [5.74, 6) is 1.07. The Hall–Kier alpha value is -0.770. The second-order valence-corrected chi connectivity index (χ2v) is 5.87. The van der Waals surface area contributed by atoms with E-state index in [-0.39, 0.29) is 12.2 Å². The molecule has 1 amide bonds. The number of carbonyl (C=O) groups is 1. The van der Waals surface area contributed by atoms with Gasteiger partial charge in [0.2, 0.25) is 0 Å². The Balaban J connectivity index is 1.73. The first-order chi connectivity index (χ1) is 9.24. The van der Waals surface area contributed by atoms with Crippen molar-refractivity contribution in [1.29, 1.82) is 0 Å². The number of likely N-dealkylation sites (tertiary alicyclic amines) is 1. The molecule has 2 heterocycles. The van der Waals surface area contributed by atoms with Gasteiger partial charge in [-0.2, -0.15) is 0 Å². The summed E-state index contributed by atoms with van der Waals surface area (Å²) >= 11 is 0. The minimum Gasteiger partial charge on any atom is -0.446 e. The van der Waals surface area contributed by atoms with Gasteiger partial charge in [-0.15, -0.1) is 0 Å². The molecule has 19 heavy (non-hydrogen) atoms. The van der Waals surface area contributed by atoms with E-state index in [1.165, 1.54) is 12.8 Å². The molecule has 0 aromatic rings. The van der Waals surface area contributed by atoms with Crippen molar-refractivity contribution in [3.05, 3.63) is 0 Å². The topological polar surface area (TPSA) is 38.8 Å². The first-order valence-electron chi connectivity index (χ1n) is 7.77. The molecule has 2 aliphatic heterocycles. The Kier molecular flexibility index (Phi) is 5.49. The third-order valence-corrected chi connectivity index (χ3v) is 4.35. The fourth-order valence-electron chi connectivity index (χ4n) is 3.02. The van der Waals surface area contributed by atoms with Crippen LogP contribution in [0.1, 0.15) is 46.0 Å². The summed E-state index contributed by atoms with van der Waals surface area (Å²) in [6.07, 6.45) is 5.48. The van der Waals surface area contributed by atoms with Crippen LogP contribution in [0.15, 0.2) is 0 Å². The number of unbranched alkanes of at least 4 members (excludes halogenated alkanes) is 2. The quantitative estimate of drug-likeness (QED) is 0.696. The van der Waals surface area contributed by atoms with Gasteiger partial charge in [0, 0.05) is 24.9 Å². The monoisotopic (exact) mass is 269 g/mol. The van der Waals surface area contributed by atoms with Gasteiger partial charge in [0.15, 0.2) is 0 Å². The number of hydrogen-bond acceptors (Lipinski definition) is 3. The maximum absolute atomic E-state index is 12.1. The second-order valence-electron chi connectivity index (χ2n) is 5.87. The smallest absolute Gasteiger partial charge is 0.410 e. The number of hydrogen-bond donors (Lipinski definition) is 0. The van der Waals surface area contributed by atoms with E-state index in [0.29, 0.717) is 11.8 Å². The van der Waals surface area contributed by atoms with Crippen LogP contribution in [0.25, 0.3) is 0 Å². The lowest BCUT2D eigenvalue weighted by Gasteiger charge is -2.22. The molecule has 2 saturated heterocycles. The Morgan fingerprint density at radius 1 is 1.26 bits per heavy atom. The predicted molar refractivity (Wildman–Crippen MR) is 74.1 cm³/mol. The van der Waals surface area contributed by atoms with Gasteiger partial charge in [0.05, 0.1) is 13.2 Å². The van der Waals surface area contributed by atoms with Crippen LogP contribution in [-0.4, -0.2) is 43.4 Å². The molecule has 0 spiro atoms. The van der Waals surface area contributed by atoms with E-state index >= 15 is 0 Å². The number of fused-ring (bicyclic) bond motifs is 1. The van der Waals surface area contributed by atoms with Crippen molar-refractivity contribution in [1.82, 2.24) is 4.90 Å². The summed E-state index contributed by atoms with van der Waals surface area (Å²) in [7, 11) is 0. The maximum atomic E-state index is 12.1. The average Bonchev–Trinajstić information content (AvgIpc) is 2.98. The van der Waals surface area contributed by atoms with Gasteiger partial charge in [0.25, 0.3) is 0 Å². The number of ether oxygens (including phenoxy) is 2. The molecule has 3 atom stereocenters. The number of rotatable bonds is 6. The molecule has 0 aromatic carbocycles. The molecule has 0 saturated carbocycles. The molecule has 4 heteroatoms. The third-order valence-electron chi connectivity index (χ3n) is 4.35. The zero-order valence-corrected chi connectivity index (χ0v) is 12.3. The van der Waals surface area contributed by atoms with Gasteiger partial charge in [-0.1, -0.05) is 26.7 Å². The summed E-state index contributed by atoms with van der Waals surface area (Å²) < 4.78 is 11.1. The molecule has 2 rings (SSSR count). The van der Waals surface area contributed by atoms with E-state index in [4.69, 9.17) is 9.47 Å². The van der Waals surface area contributed by atoms with Crippen molar-refractivity contribution in [3.8, 4) is 0 Å². The molecule has 2 aliphatic rings. The SMILES string of the molecule is CCCCCC(CC)OC(=O)N1C[C@H]2COC[C@H]2C1. The number of nitrogens with zero attached hydrogens (tertiary/aromatic N) is 1. The largest absolute Gasteiger partial charge is 0.446 e. The van der Waals surface area contributed by atoms with E-state index in [1.54, 1.807) is 0 Å². The zero-order valence-electron chi connectivity index (χ0n) is 12.3. The van der Waals surface area contributed by atoms with Gasteiger partial charge in [-0.05, 0) is 19.3 Å². The molecule has 4 nitrogen and oxygen atoms in total. The van der Waals surface area contributed by atoms with E-state index < -0.39 is 0 Å². The summed E-state index contributed by atoms with van der Waals surface area (Å²) in [6.45, 7) is 7.53. The normalized spacial score (nSPS) is 27.4. The van der Waals surface area contributed by atoms with Crippen molar-refractivity contribution in [2.24, 2.45) is 11.8 Å². The minimum absolute atomic E-state index is 0.0933. The zero-order chi connectivity index (χ0) is 13.7. The summed E-state index contributed by atoms with van der Waals surface area (Å²) in [4.78, 5) is 14.0. The summed E-state index contributed by atoms with van der Waals surface area (Å²) in [5, 5.41) is 0. The number of amides is 1. The molecule has 1 unspecified atom stereocenters. The van der Waals surface area contributed by atoms with Gasteiger partial charge < -0.3 is 14.4 Å². The van der Waals surface area contributed by atoms with Crippen LogP contribution in [0.2, 0.25) is 0 Å². The molecule has 0 aliphatic carbocycles. The molecular formula is C15H27NO3. The van der Waals surface area contributed by atoms with Crippen molar-refractivity contribution in [3.63, 3.8) is 0 Å².